The summed E-state index contributed by atoms with van der Waals surface area (Å²) in [5.74, 6) is -0.818. The molecule has 1 saturated carbocycles. The monoisotopic (exact) mass is 668 g/mol. The lowest BCUT2D eigenvalue weighted by Gasteiger charge is -2.39. The minimum absolute atomic E-state index is 0.00907. The fourth-order valence-corrected chi connectivity index (χ4v) is 6.92. The first-order valence-corrected chi connectivity index (χ1v) is 17.2. The molecule has 2 amide bonds. The SMILES string of the molecule is CO[C@@H]1C[C@H](C(=O)Nc2cc(C(CCC3CC3)(N[S+]([O-])C(C)(C)C)c3ccccc3)ccc2F)N(C(=O)Cc2ccc(Cl)cn2)C1. The summed E-state index contributed by atoms with van der Waals surface area (Å²) in [5, 5.41) is 3.24. The number of anilines is 1. The van der Waals surface area contributed by atoms with E-state index in [0.29, 0.717) is 28.6 Å². The minimum Gasteiger partial charge on any atom is -0.598 e. The molecule has 2 unspecified atom stereocenters. The molecule has 2 aromatic carbocycles. The number of rotatable bonds is 12. The van der Waals surface area contributed by atoms with Crippen LogP contribution in [-0.2, 0) is 37.6 Å². The van der Waals surface area contributed by atoms with Crippen molar-refractivity contribution in [3.05, 3.63) is 94.5 Å². The van der Waals surface area contributed by atoms with Crippen molar-refractivity contribution < 1.29 is 23.3 Å². The Morgan fingerprint density at radius 1 is 1.11 bits per heavy atom. The third-order valence-electron chi connectivity index (χ3n) is 8.77. The smallest absolute Gasteiger partial charge is 0.247 e. The van der Waals surface area contributed by atoms with Gasteiger partial charge >= 0.3 is 0 Å². The molecule has 0 spiro atoms. The molecule has 4 atom stereocenters. The average molecular weight is 669 g/mol. The predicted molar refractivity (Wildman–Crippen MR) is 179 cm³/mol. The van der Waals surface area contributed by atoms with Gasteiger partial charge in [-0.05, 0) is 74.9 Å². The molecular formula is C35H42ClFN4O4S. The van der Waals surface area contributed by atoms with Crippen molar-refractivity contribution in [1.29, 1.82) is 0 Å². The maximum atomic E-state index is 15.5. The van der Waals surface area contributed by atoms with E-state index in [0.717, 1.165) is 24.8 Å². The number of benzene rings is 2. The van der Waals surface area contributed by atoms with Gasteiger partial charge in [-0.2, -0.15) is 0 Å². The van der Waals surface area contributed by atoms with Gasteiger partial charge in [0.05, 0.1) is 23.2 Å². The van der Waals surface area contributed by atoms with Gasteiger partial charge in [0, 0.05) is 43.3 Å². The van der Waals surface area contributed by atoms with Gasteiger partial charge in [0.25, 0.3) is 0 Å². The molecule has 5 rings (SSSR count). The second kappa shape index (κ2) is 14.4. The first-order chi connectivity index (χ1) is 21.9. The van der Waals surface area contributed by atoms with Crippen LogP contribution >= 0.6 is 11.6 Å². The molecule has 0 bridgehead atoms. The summed E-state index contributed by atoms with van der Waals surface area (Å²) in [7, 11) is 1.54. The normalized spacial score (nSPS) is 20.3. The molecule has 1 aliphatic carbocycles. The number of nitrogens with one attached hydrogen (secondary N) is 2. The number of likely N-dealkylation sites (tertiary alicyclic amines) is 1. The van der Waals surface area contributed by atoms with Crippen LogP contribution in [0.15, 0.2) is 66.9 Å². The lowest BCUT2D eigenvalue weighted by molar-refractivity contribution is -0.136. The van der Waals surface area contributed by atoms with Crippen molar-refractivity contribution in [1.82, 2.24) is 14.6 Å². The van der Waals surface area contributed by atoms with Gasteiger partial charge in [0.2, 0.25) is 11.8 Å². The maximum absolute atomic E-state index is 15.5. The Bertz CT molecular complexity index is 1520. The number of carbonyl (C=O) groups excluding carboxylic acids is 2. The van der Waals surface area contributed by atoms with Crippen molar-refractivity contribution in [2.24, 2.45) is 5.92 Å². The number of aromatic nitrogens is 1. The number of halogens is 2. The molecule has 1 aromatic heterocycles. The number of pyridine rings is 1. The Labute approximate surface area is 278 Å². The van der Waals surface area contributed by atoms with Gasteiger partial charge < -0.3 is 19.5 Å². The highest BCUT2D eigenvalue weighted by atomic mass is 35.5. The van der Waals surface area contributed by atoms with Gasteiger partial charge in [-0.25, -0.2) is 4.39 Å². The standard InChI is InChI=1S/C35H42ClFN4O4S/c1-34(2,3)46(44)40-35(17-16-23-10-11-23,24-8-6-5-7-9-24)25-12-15-29(37)30(18-25)39-33(43)31-20-28(45-4)22-41(31)32(42)19-27-14-13-26(36)21-38-27/h5-9,12-15,18,21,23,28,31,40H,10-11,16-17,19-20,22H2,1-4H3,(H,39,43)/t28-,31-,35?,46?/m1/s1. The molecule has 11 heteroatoms. The maximum Gasteiger partial charge on any atom is 0.247 e. The van der Waals surface area contributed by atoms with E-state index in [9.17, 15) is 14.1 Å². The quantitative estimate of drug-likeness (QED) is 0.224. The number of amides is 2. The van der Waals surface area contributed by atoms with Gasteiger partial charge in [0.15, 0.2) is 0 Å². The van der Waals surface area contributed by atoms with Crippen LogP contribution in [0.1, 0.15) is 69.7 Å². The van der Waals surface area contributed by atoms with Crippen LogP contribution in [0.4, 0.5) is 10.1 Å². The highest BCUT2D eigenvalue weighted by molar-refractivity contribution is 7.90. The van der Waals surface area contributed by atoms with Crippen molar-refractivity contribution in [2.45, 2.75) is 81.7 Å². The fraction of sp³-hybridized carbons (Fsp3) is 0.457. The van der Waals surface area contributed by atoms with Gasteiger partial charge in [-0.1, -0.05) is 60.8 Å². The highest BCUT2D eigenvalue weighted by Crippen LogP contribution is 2.43. The summed E-state index contributed by atoms with van der Waals surface area (Å²) in [6.45, 7) is 5.96. The summed E-state index contributed by atoms with van der Waals surface area (Å²) in [6.07, 6.45) is 5.24. The first-order valence-electron chi connectivity index (χ1n) is 15.7. The van der Waals surface area contributed by atoms with E-state index in [1.165, 1.54) is 24.3 Å². The fourth-order valence-electron chi connectivity index (χ4n) is 5.85. The van der Waals surface area contributed by atoms with Crippen LogP contribution < -0.4 is 10.0 Å². The molecule has 1 aliphatic heterocycles. The van der Waals surface area contributed by atoms with E-state index in [2.05, 4.69) is 15.0 Å². The van der Waals surface area contributed by atoms with Crippen molar-refractivity contribution >= 4 is 40.5 Å². The lowest BCUT2D eigenvalue weighted by Crippen LogP contribution is -2.52. The van der Waals surface area contributed by atoms with Crippen LogP contribution in [0.3, 0.4) is 0 Å². The van der Waals surface area contributed by atoms with E-state index in [4.69, 9.17) is 16.3 Å². The number of hydrogen-bond acceptors (Lipinski definition) is 6. The summed E-state index contributed by atoms with van der Waals surface area (Å²) in [6, 6.07) is 16.9. The van der Waals surface area contributed by atoms with E-state index >= 15 is 4.39 Å². The van der Waals surface area contributed by atoms with Crippen molar-refractivity contribution in [3.8, 4) is 0 Å². The highest BCUT2D eigenvalue weighted by Gasteiger charge is 2.44. The molecule has 2 fully saturated rings. The molecule has 2 N–H and O–H groups in total. The van der Waals surface area contributed by atoms with Crippen molar-refractivity contribution in [3.63, 3.8) is 0 Å². The topological polar surface area (TPSA) is 107 Å². The predicted octanol–water partition coefficient (Wildman–Crippen LogP) is 6.16. The minimum atomic E-state index is -1.46. The number of nitrogens with zero attached hydrogens (tertiary/aromatic N) is 2. The van der Waals surface area contributed by atoms with E-state index < -0.39 is 39.4 Å². The lowest BCUT2D eigenvalue weighted by atomic mass is 9.79. The molecule has 0 radical (unpaired) electrons. The Kier molecular flexibility index (Phi) is 10.7. The number of methoxy groups -OCH3 is 1. The molecule has 2 aliphatic rings. The van der Waals surface area contributed by atoms with Crippen LogP contribution in [-0.4, -0.2) is 56.8 Å². The van der Waals surface area contributed by atoms with Crippen LogP contribution in [0.5, 0.6) is 0 Å². The number of ether oxygens (including phenoxy) is 1. The number of hydrogen-bond donors (Lipinski definition) is 2. The van der Waals surface area contributed by atoms with E-state index in [1.54, 1.807) is 24.3 Å². The first kappa shape index (κ1) is 34.3. The van der Waals surface area contributed by atoms with Crippen LogP contribution in [0, 0.1) is 11.7 Å². The van der Waals surface area contributed by atoms with Crippen LogP contribution in [0.2, 0.25) is 5.02 Å². The zero-order valence-corrected chi connectivity index (χ0v) is 28.3. The van der Waals surface area contributed by atoms with Gasteiger partial charge in [-0.15, -0.1) is 4.72 Å². The summed E-state index contributed by atoms with van der Waals surface area (Å²) in [4.78, 5) is 32.8. The van der Waals surface area contributed by atoms with Crippen LogP contribution in [0.25, 0.3) is 0 Å². The Morgan fingerprint density at radius 3 is 2.48 bits per heavy atom. The summed E-state index contributed by atoms with van der Waals surface area (Å²) in [5.41, 5.74) is 1.21. The van der Waals surface area contributed by atoms with E-state index in [1.807, 2.05) is 51.1 Å². The third-order valence-corrected chi connectivity index (χ3v) is 10.6. The third kappa shape index (κ3) is 8.09. The van der Waals surface area contributed by atoms with E-state index in [-0.39, 0.29) is 37.1 Å². The largest absolute Gasteiger partial charge is 0.598 e. The zero-order chi connectivity index (χ0) is 33.1. The van der Waals surface area contributed by atoms with Crippen molar-refractivity contribution in [2.75, 3.05) is 19.0 Å². The zero-order valence-electron chi connectivity index (χ0n) is 26.7. The Balaban J connectivity index is 1.45. The van der Waals surface area contributed by atoms with Gasteiger partial charge in [0.1, 0.15) is 22.1 Å². The molecule has 46 heavy (non-hydrogen) atoms. The molecule has 8 nitrogen and oxygen atoms in total. The average Bonchev–Trinajstić information content (AvgIpc) is 3.76. The summed E-state index contributed by atoms with van der Waals surface area (Å²) < 4.78 is 37.6. The molecule has 3 aromatic rings. The number of carbonyl (C=O) groups is 2. The molecular weight excluding hydrogens is 627 g/mol. The molecule has 246 valence electrons. The molecule has 2 heterocycles. The molecule has 1 saturated heterocycles. The summed E-state index contributed by atoms with van der Waals surface area (Å²) >= 11 is 4.48. The Morgan fingerprint density at radius 2 is 1.85 bits per heavy atom. The Hall–Kier alpha value is -3.02. The second-order valence-electron chi connectivity index (χ2n) is 13.2. The van der Waals surface area contributed by atoms with Gasteiger partial charge in [-0.3, -0.25) is 14.6 Å². The second-order valence-corrected chi connectivity index (χ2v) is 15.6.